The predicted molar refractivity (Wildman–Crippen MR) is 68.5 cm³/mol. The quantitative estimate of drug-likeness (QED) is 0.903. The Kier molecular flexibility index (Phi) is 3.06. The second-order valence-electron chi connectivity index (χ2n) is 4.87. The Bertz CT molecular complexity index is 601. The normalized spacial score (nSPS) is 19.0. The first-order chi connectivity index (χ1) is 9.15. The average Bonchev–Trinajstić information content (AvgIpc) is 3.00. The Morgan fingerprint density at radius 1 is 1.32 bits per heavy atom. The van der Waals surface area contributed by atoms with Crippen LogP contribution in [0.3, 0.4) is 0 Å². The van der Waals surface area contributed by atoms with Crippen molar-refractivity contribution in [3.63, 3.8) is 0 Å². The SMILES string of the molecule is Cn1cc(-c2cc(F)ccc2F)c(C2CCCN2)n1. The van der Waals surface area contributed by atoms with Crippen LogP contribution in [-0.4, -0.2) is 16.3 Å². The van der Waals surface area contributed by atoms with Crippen molar-refractivity contribution in [1.82, 2.24) is 15.1 Å². The van der Waals surface area contributed by atoms with Gasteiger partial charge in [0.1, 0.15) is 11.6 Å². The molecule has 1 aromatic carbocycles. The highest BCUT2D eigenvalue weighted by molar-refractivity contribution is 5.66. The van der Waals surface area contributed by atoms with Gasteiger partial charge in [0.25, 0.3) is 0 Å². The van der Waals surface area contributed by atoms with Crippen LogP contribution < -0.4 is 5.32 Å². The molecule has 19 heavy (non-hydrogen) atoms. The molecule has 0 radical (unpaired) electrons. The molecule has 0 aliphatic carbocycles. The van der Waals surface area contributed by atoms with Crippen molar-refractivity contribution >= 4 is 0 Å². The topological polar surface area (TPSA) is 29.9 Å². The second-order valence-corrected chi connectivity index (χ2v) is 4.87. The zero-order chi connectivity index (χ0) is 13.4. The number of hydrogen-bond donors (Lipinski definition) is 1. The standard InChI is InChI=1S/C14H15F2N3/c1-19-8-11(10-7-9(15)4-5-12(10)16)14(18-19)13-3-2-6-17-13/h4-5,7-8,13,17H,2-3,6H2,1H3. The van der Waals surface area contributed by atoms with Crippen LogP contribution >= 0.6 is 0 Å². The largest absolute Gasteiger partial charge is 0.309 e. The number of aryl methyl sites for hydroxylation is 1. The molecule has 1 aliphatic rings. The maximum absolute atomic E-state index is 13.9. The summed E-state index contributed by atoms with van der Waals surface area (Å²) in [6, 6.07) is 3.63. The number of nitrogens with one attached hydrogen (secondary N) is 1. The second kappa shape index (κ2) is 4.74. The number of benzene rings is 1. The molecule has 1 fully saturated rings. The van der Waals surface area contributed by atoms with E-state index in [0.29, 0.717) is 5.56 Å². The van der Waals surface area contributed by atoms with Crippen molar-refractivity contribution in [3.8, 4) is 11.1 Å². The summed E-state index contributed by atoms with van der Waals surface area (Å²) in [5.74, 6) is -0.862. The summed E-state index contributed by atoms with van der Waals surface area (Å²) in [6.07, 6.45) is 3.79. The first-order valence-electron chi connectivity index (χ1n) is 6.37. The van der Waals surface area contributed by atoms with E-state index in [9.17, 15) is 8.78 Å². The molecule has 2 heterocycles. The molecule has 3 nitrogen and oxygen atoms in total. The van der Waals surface area contributed by atoms with E-state index in [2.05, 4.69) is 10.4 Å². The molecule has 1 aliphatic heterocycles. The van der Waals surface area contributed by atoms with Gasteiger partial charge in [0, 0.05) is 24.4 Å². The fraction of sp³-hybridized carbons (Fsp3) is 0.357. The smallest absolute Gasteiger partial charge is 0.131 e. The van der Waals surface area contributed by atoms with Crippen LogP contribution in [0.2, 0.25) is 0 Å². The highest BCUT2D eigenvalue weighted by Gasteiger charge is 2.24. The number of aromatic nitrogens is 2. The molecule has 1 saturated heterocycles. The molecule has 1 N–H and O–H groups in total. The molecule has 2 aromatic rings. The Hall–Kier alpha value is -1.75. The van der Waals surface area contributed by atoms with E-state index in [1.54, 1.807) is 17.9 Å². The van der Waals surface area contributed by atoms with Crippen molar-refractivity contribution in [2.45, 2.75) is 18.9 Å². The molecular weight excluding hydrogens is 248 g/mol. The summed E-state index contributed by atoms with van der Waals surface area (Å²) in [7, 11) is 1.79. The van der Waals surface area contributed by atoms with E-state index in [1.165, 1.54) is 6.07 Å². The first kappa shape index (κ1) is 12.3. The molecule has 100 valence electrons. The fourth-order valence-corrected chi connectivity index (χ4v) is 2.59. The van der Waals surface area contributed by atoms with Crippen molar-refractivity contribution < 1.29 is 8.78 Å². The minimum absolute atomic E-state index is 0.124. The third-order valence-electron chi connectivity index (χ3n) is 3.47. The minimum Gasteiger partial charge on any atom is -0.309 e. The van der Waals surface area contributed by atoms with Gasteiger partial charge >= 0.3 is 0 Å². The van der Waals surface area contributed by atoms with E-state index >= 15 is 0 Å². The third-order valence-corrected chi connectivity index (χ3v) is 3.47. The molecule has 5 heteroatoms. The monoisotopic (exact) mass is 263 g/mol. The molecule has 0 spiro atoms. The summed E-state index contributed by atoms with van der Waals surface area (Å²) >= 11 is 0. The van der Waals surface area contributed by atoms with Crippen LogP contribution in [0.15, 0.2) is 24.4 Å². The van der Waals surface area contributed by atoms with Gasteiger partial charge in [0.15, 0.2) is 0 Å². The van der Waals surface area contributed by atoms with E-state index in [-0.39, 0.29) is 11.6 Å². The van der Waals surface area contributed by atoms with Gasteiger partial charge in [-0.25, -0.2) is 8.78 Å². The maximum atomic E-state index is 13.9. The summed E-state index contributed by atoms with van der Waals surface area (Å²) in [4.78, 5) is 0. The summed E-state index contributed by atoms with van der Waals surface area (Å²) in [5, 5.41) is 7.74. The minimum atomic E-state index is -0.439. The van der Waals surface area contributed by atoms with E-state index in [1.807, 2.05) is 0 Å². The predicted octanol–water partition coefficient (Wildman–Crippen LogP) is 2.79. The van der Waals surface area contributed by atoms with Gasteiger partial charge < -0.3 is 5.32 Å². The van der Waals surface area contributed by atoms with E-state index in [4.69, 9.17) is 0 Å². The van der Waals surface area contributed by atoms with Crippen LogP contribution in [0.1, 0.15) is 24.6 Å². The van der Waals surface area contributed by atoms with Crippen molar-refractivity contribution in [2.24, 2.45) is 7.05 Å². The molecule has 1 aromatic heterocycles. The van der Waals surface area contributed by atoms with Crippen LogP contribution in [0, 0.1) is 11.6 Å². The zero-order valence-corrected chi connectivity index (χ0v) is 10.7. The van der Waals surface area contributed by atoms with Crippen LogP contribution in [-0.2, 0) is 7.05 Å². The molecule has 0 amide bonds. The van der Waals surface area contributed by atoms with Crippen molar-refractivity contribution in [3.05, 3.63) is 41.7 Å². The fourth-order valence-electron chi connectivity index (χ4n) is 2.59. The van der Waals surface area contributed by atoms with Gasteiger partial charge in [-0.15, -0.1) is 0 Å². The zero-order valence-electron chi connectivity index (χ0n) is 10.7. The number of nitrogens with zero attached hydrogens (tertiary/aromatic N) is 2. The van der Waals surface area contributed by atoms with Crippen molar-refractivity contribution in [1.29, 1.82) is 0 Å². The summed E-state index contributed by atoms with van der Waals surface area (Å²) < 4.78 is 28.9. The third kappa shape index (κ3) is 2.26. The van der Waals surface area contributed by atoms with E-state index in [0.717, 1.165) is 37.2 Å². The summed E-state index contributed by atoms with van der Waals surface area (Å²) in [5.41, 5.74) is 1.74. The maximum Gasteiger partial charge on any atom is 0.131 e. The lowest BCUT2D eigenvalue weighted by molar-refractivity contribution is 0.598. The van der Waals surface area contributed by atoms with Gasteiger partial charge in [-0.3, -0.25) is 4.68 Å². The molecule has 1 unspecified atom stereocenters. The average molecular weight is 263 g/mol. The summed E-state index contributed by atoms with van der Waals surface area (Å²) in [6.45, 7) is 0.937. The Balaban J connectivity index is 2.11. The molecule has 1 atom stereocenters. The van der Waals surface area contributed by atoms with Crippen molar-refractivity contribution in [2.75, 3.05) is 6.54 Å². The first-order valence-corrected chi connectivity index (χ1v) is 6.37. The number of rotatable bonds is 2. The molecule has 3 rings (SSSR count). The lowest BCUT2D eigenvalue weighted by Gasteiger charge is -2.10. The van der Waals surface area contributed by atoms with E-state index < -0.39 is 11.6 Å². The Morgan fingerprint density at radius 3 is 2.89 bits per heavy atom. The number of halogens is 2. The van der Waals surface area contributed by atoms with Crippen LogP contribution in [0.4, 0.5) is 8.78 Å². The highest BCUT2D eigenvalue weighted by Crippen LogP contribution is 2.33. The molecular formula is C14H15F2N3. The molecule has 0 saturated carbocycles. The lowest BCUT2D eigenvalue weighted by atomic mass is 10.0. The van der Waals surface area contributed by atoms with Gasteiger partial charge in [-0.05, 0) is 37.6 Å². The van der Waals surface area contributed by atoms with Gasteiger partial charge in [0.2, 0.25) is 0 Å². The Morgan fingerprint density at radius 2 is 2.16 bits per heavy atom. The van der Waals surface area contributed by atoms with Gasteiger partial charge in [-0.2, -0.15) is 5.10 Å². The van der Waals surface area contributed by atoms with Gasteiger partial charge in [0.05, 0.1) is 11.7 Å². The lowest BCUT2D eigenvalue weighted by Crippen LogP contribution is -2.14. The molecule has 0 bridgehead atoms. The number of hydrogen-bond acceptors (Lipinski definition) is 2. The van der Waals surface area contributed by atoms with Crippen LogP contribution in [0.5, 0.6) is 0 Å². The van der Waals surface area contributed by atoms with Gasteiger partial charge in [-0.1, -0.05) is 0 Å². The Labute approximate surface area is 110 Å². The highest BCUT2D eigenvalue weighted by atomic mass is 19.1. The van der Waals surface area contributed by atoms with Crippen LogP contribution in [0.25, 0.3) is 11.1 Å².